The highest BCUT2D eigenvalue weighted by atomic mass is 16.5. The first-order valence-electron chi connectivity index (χ1n) is 5.42. The third-order valence-electron chi connectivity index (χ3n) is 1.82. The van der Waals surface area contributed by atoms with Crippen LogP contribution in [-0.2, 0) is 9.53 Å². The summed E-state index contributed by atoms with van der Waals surface area (Å²) in [6.45, 7) is 4.06. The molecule has 94 valence electrons. The molecule has 1 rings (SSSR count). The SMILES string of the molecule is COc1ccnc(NCCC(=O)OC(C)C)n1. The predicted molar refractivity (Wildman–Crippen MR) is 62.9 cm³/mol. The Morgan fingerprint density at radius 3 is 2.94 bits per heavy atom. The Morgan fingerprint density at radius 1 is 1.53 bits per heavy atom. The molecule has 6 nitrogen and oxygen atoms in total. The summed E-state index contributed by atoms with van der Waals surface area (Å²) in [5.41, 5.74) is 0. The van der Waals surface area contributed by atoms with Crippen LogP contribution in [0.1, 0.15) is 20.3 Å². The molecule has 0 radical (unpaired) electrons. The monoisotopic (exact) mass is 239 g/mol. The van der Waals surface area contributed by atoms with Crippen molar-refractivity contribution in [3.8, 4) is 5.88 Å². The highest BCUT2D eigenvalue weighted by Crippen LogP contribution is 2.07. The molecule has 1 heterocycles. The number of methoxy groups -OCH3 is 1. The minimum Gasteiger partial charge on any atom is -0.481 e. The zero-order chi connectivity index (χ0) is 12.7. The first kappa shape index (κ1) is 13.2. The van der Waals surface area contributed by atoms with E-state index in [0.717, 1.165) is 0 Å². The molecule has 0 amide bonds. The van der Waals surface area contributed by atoms with Crippen LogP contribution in [0.4, 0.5) is 5.95 Å². The molecule has 0 bridgehead atoms. The number of rotatable bonds is 6. The first-order chi connectivity index (χ1) is 8.11. The number of hydrogen-bond donors (Lipinski definition) is 1. The number of esters is 1. The fourth-order valence-corrected chi connectivity index (χ4v) is 1.14. The quantitative estimate of drug-likeness (QED) is 0.753. The number of nitrogens with one attached hydrogen (secondary N) is 1. The lowest BCUT2D eigenvalue weighted by Crippen LogP contribution is -2.16. The van der Waals surface area contributed by atoms with Gasteiger partial charge < -0.3 is 14.8 Å². The second-order valence-electron chi connectivity index (χ2n) is 3.64. The van der Waals surface area contributed by atoms with Gasteiger partial charge in [-0.15, -0.1) is 0 Å². The van der Waals surface area contributed by atoms with Gasteiger partial charge in [-0.2, -0.15) is 4.98 Å². The molecule has 6 heteroatoms. The number of hydrogen-bond acceptors (Lipinski definition) is 6. The number of ether oxygens (including phenoxy) is 2. The van der Waals surface area contributed by atoms with Crippen molar-refractivity contribution in [1.29, 1.82) is 0 Å². The molecule has 0 fully saturated rings. The van der Waals surface area contributed by atoms with Crippen LogP contribution in [0.25, 0.3) is 0 Å². The number of nitrogens with zero attached hydrogens (tertiary/aromatic N) is 2. The van der Waals surface area contributed by atoms with Crippen LogP contribution >= 0.6 is 0 Å². The average Bonchev–Trinajstić information content (AvgIpc) is 2.28. The Bertz CT molecular complexity index is 369. The highest BCUT2D eigenvalue weighted by molar-refractivity contribution is 5.70. The fraction of sp³-hybridized carbons (Fsp3) is 0.545. The van der Waals surface area contributed by atoms with E-state index in [9.17, 15) is 4.79 Å². The zero-order valence-corrected chi connectivity index (χ0v) is 10.3. The molecule has 0 aromatic carbocycles. The van der Waals surface area contributed by atoms with Gasteiger partial charge in [0.15, 0.2) is 0 Å². The topological polar surface area (TPSA) is 73.3 Å². The normalized spacial score (nSPS) is 10.1. The van der Waals surface area contributed by atoms with Crippen molar-refractivity contribution < 1.29 is 14.3 Å². The smallest absolute Gasteiger partial charge is 0.307 e. The van der Waals surface area contributed by atoms with E-state index in [0.29, 0.717) is 18.4 Å². The van der Waals surface area contributed by atoms with Crippen LogP contribution < -0.4 is 10.1 Å². The molecular weight excluding hydrogens is 222 g/mol. The molecule has 0 aliphatic rings. The summed E-state index contributed by atoms with van der Waals surface area (Å²) in [5, 5.41) is 2.92. The molecule has 0 atom stereocenters. The van der Waals surface area contributed by atoms with E-state index in [1.54, 1.807) is 12.3 Å². The van der Waals surface area contributed by atoms with Crippen molar-refractivity contribution in [2.45, 2.75) is 26.4 Å². The van der Waals surface area contributed by atoms with Crippen molar-refractivity contribution in [2.24, 2.45) is 0 Å². The van der Waals surface area contributed by atoms with Crippen molar-refractivity contribution in [3.05, 3.63) is 12.3 Å². The molecular formula is C11H17N3O3. The molecule has 17 heavy (non-hydrogen) atoms. The van der Waals surface area contributed by atoms with Gasteiger partial charge in [0.25, 0.3) is 0 Å². The first-order valence-corrected chi connectivity index (χ1v) is 5.42. The van der Waals surface area contributed by atoms with Gasteiger partial charge in [-0.1, -0.05) is 0 Å². The van der Waals surface area contributed by atoms with E-state index in [1.165, 1.54) is 7.11 Å². The van der Waals surface area contributed by atoms with Crippen molar-refractivity contribution >= 4 is 11.9 Å². The third kappa shape index (κ3) is 5.14. The molecule has 0 saturated carbocycles. The summed E-state index contributed by atoms with van der Waals surface area (Å²) in [5.74, 6) is 0.671. The van der Waals surface area contributed by atoms with Gasteiger partial charge >= 0.3 is 5.97 Å². The highest BCUT2D eigenvalue weighted by Gasteiger charge is 2.05. The van der Waals surface area contributed by atoms with Crippen LogP contribution in [0.5, 0.6) is 5.88 Å². The van der Waals surface area contributed by atoms with Gasteiger partial charge in [0.1, 0.15) is 0 Å². The summed E-state index contributed by atoms with van der Waals surface area (Å²) < 4.78 is 9.94. The molecule has 1 N–H and O–H groups in total. The Hall–Kier alpha value is -1.85. The summed E-state index contributed by atoms with van der Waals surface area (Å²) in [4.78, 5) is 19.3. The van der Waals surface area contributed by atoms with Gasteiger partial charge in [-0.25, -0.2) is 4.98 Å². The summed E-state index contributed by atoms with van der Waals surface area (Å²) in [6.07, 6.45) is 1.77. The van der Waals surface area contributed by atoms with Gasteiger partial charge in [-0.3, -0.25) is 4.79 Å². The fourth-order valence-electron chi connectivity index (χ4n) is 1.14. The second-order valence-corrected chi connectivity index (χ2v) is 3.64. The summed E-state index contributed by atoms with van der Waals surface area (Å²) in [6, 6.07) is 1.65. The Labute approximate surface area is 100 Å². The van der Waals surface area contributed by atoms with Crippen LogP contribution in [0.2, 0.25) is 0 Å². The van der Waals surface area contributed by atoms with Gasteiger partial charge in [0.05, 0.1) is 19.6 Å². The van der Waals surface area contributed by atoms with Crippen LogP contribution in [-0.4, -0.2) is 35.7 Å². The van der Waals surface area contributed by atoms with E-state index in [1.807, 2.05) is 13.8 Å². The average molecular weight is 239 g/mol. The van der Waals surface area contributed by atoms with Crippen LogP contribution in [0.3, 0.4) is 0 Å². The lowest BCUT2D eigenvalue weighted by atomic mass is 10.4. The van der Waals surface area contributed by atoms with E-state index in [-0.39, 0.29) is 18.5 Å². The van der Waals surface area contributed by atoms with Crippen LogP contribution in [0.15, 0.2) is 12.3 Å². The number of aromatic nitrogens is 2. The van der Waals surface area contributed by atoms with Crippen molar-refractivity contribution in [2.75, 3.05) is 19.0 Å². The minimum absolute atomic E-state index is 0.0874. The third-order valence-corrected chi connectivity index (χ3v) is 1.82. The number of carbonyl (C=O) groups is 1. The van der Waals surface area contributed by atoms with Gasteiger partial charge in [0.2, 0.25) is 11.8 Å². The van der Waals surface area contributed by atoms with Gasteiger partial charge in [-0.05, 0) is 13.8 Å². The number of carbonyl (C=O) groups excluding carboxylic acids is 1. The lowest BCUT2D eigenvalue weighted by molar-refractivity contribution is -0.147. The Kier molecular flexibility index (Phi) is 5.19. The molecule has 0 saturated heterocycles. The van der Waals surface area contributed by atoms with E-state index in [4.69, 9.17) is 9.47 Å². The molecule has 1 aromatic heterocycles. The van der Waals surface area contributed by atoms with E-state index < -0.39 is 0 Å². The maximum atomic E-state index is 11.2. The maximum Gasteiger partial charge on any atom is 0.307 e. The molecule has 0 aliphatic carbocycles. The number of anilines is 1. The largest absolute Gasteiger partial charge is 0.481 e. The van der Waals surface area contributed by atoms with E-state index in [2.05, 4.69) is 15.3 Å². The van der Waals surface area contributed by atoms with Crippen molar-refractivity contribution in [1.82, 2.24) is 9.97 Å². The Morgan fingerprint density at radius 2 is 2.29 bits per heavy atom. The standard InChI is InChI=1S/C11H17N3O3/c1-8(2)17-10(15)5-7-13-11-12-6-4-9(14-11)16-3/h4,6,8H,5,7H2,1-3H3,(H,12,13,14). The Balaban J connectivity index is 2.32. The molecule has 0 aliphatic heterocycles. The minimum atomic E-state index is -0.240. The van der Waals surface area contributed by atoms with E-state index >= 15 is 0 Å². The molecule has 1 aromatic rings. The summed E-state index contributed by atoms with van der Waals surface area (Å²) in [7, 11) is 1.53. The van der Waals surface area contributed by atoms with Crippen LogP contribution in [0, 0.1) is 0 Å². The molecule has 0 spiro atoms. The van der Waals surface area contributed by atoms with Crippen molar-refractivity contribution in [3.63, 3.8) is 0 Å². The maximum absolute atomic E-state index is 11.2. The van der Waals surface area contributed by atoms with Gasteiger partial charge in [0, 0.05) is 18.8 Å². The zero-order valence-electron chi connectivity index (χ0n) is 10.3. The molecule has 0 unspecified atom stereocenters. The second kappa shape index (κ2) is 6.67. The lowest BCUT2D eigenvalue weighted by Gasteiger charge is -2.08. The predicted octanol–water partition coefficient (Wildman–Crippen LogP) is 1.24. The summed E-state index contributed by atoms with van der Waals surface area (Å²) >= 11 is 0.